The maximum atomic E-state index is 13.2. The molecule has 0 radical (unpaired) electrons. The van der Waals surface area contributed by atoms with Crippen LogP contribution in [-0.2, 0) is 11.3 Å². The first-order chi connectivity index (χ1) is 13.7. The summed E-state index contributed by atoms with van der Waals surface area (Å²) in [6.07, 6.45) is 6.43. The highest BCUT2D eigenvalue weighted by Crippen LogP contribution is 2.27. The second-order valence-corrected chi connectivity index (χ2v) is 7.37. The fourth-order valence-corrected chi connectivity index (χ4v) is 3.87. The van der Waals surface area contributed by atoms with Gasteiger partial charge in [-0.15, -0.1) is 0 Å². The summed E-state index contributed by atoms with van der Waals surface area (Å²) in [5, 5.41) is 3.00. The number of nitrogens with one attached hydrogen (secondary N) is 3. The zero-order valence-electron chi connectivity index (χ0n) is 15.7. The molecule has 2 aromatic rings. The monoisotopic (exact) mass is 384 g/mol. The maximum absolute atomic E-state index is 13.2. The van der Waals surface area contributed by atoms with Crippen molar-refractivity contribution in [2.45, 2.75) is 44.4 Å². The molecule has 6 nitrogen and oxygen atoms in total. The lowest BCUT2D eigenvalue weighted by molar-refractivity contribution is -0.125. The molecule has 1 aliphatic carbocycles. The molecule has 2 atom stereocenters. The van der Waals surface area contributed by atoms with Gasteiger partial charge in [-0.3, -0.25) is 10.2 Å². The number of pyridine rings is 1. The van der Waals surface area contributed by atoms with Gasteiger partial charge >= 0.3 is 0 Å². The fourth-order valence-electron chi connectivity index (χ4n) is 3.87. The van der Waals surface area contributed by atoms with E-state index in [-0.39, 0.29) is 29.8 Å². The SMILES string of the molecule is O=C(NCc1cccnc1OC1CCCC1)C1CNNC1c1ccc(F)cc1. The smallest absolute Gasteiger partial charge is 0.226 e. The van der Waals surface area contributed by atoms with Gasteiger partial charge in [0.05, 0.1) is 12.0 Å². The molecule has 7 heteroatoms. The third-order valence-electron chi connectivity index (χ3n) is 5.43. The van der Waals surface area contributed by atoms with E-state index in [9.17, 15) is 9.18 Å². The predicted octanol–water partition coefficient (Wildman–Crippen LogP) is 2.62. The van der Waals surface area contributed by atoms with Crippen molar-refractivity contribution in [3.05, 3.63) is 59.5 Å². The molecule has 148 valence electrons. The number of amides is 1. The number of hydrazine groups is 1. The molecule has 2 heterocycles. The Bertz CT molecular complexity index is 808. The molecule has 1 aromatic heterocycles. The van der Waals surface area contributed by atoms with Crippen LogP contribution < -0.4 is 20.9 Å². The number of ether oxygens (including phenoxy) is 1. The van der Waals surface area contributed by atoms with Crippen molar-refractivity contribution in [3.63, 3.8) is 0 Å². The third kappa shape index (κ3) is 4.31. The first kappa shape index (κ1) is 18.8. The average Bonchev–Trinajstić information content (AvgIpc) is 3.40. The lowest BCUT2D eigenvalue weighted by Crippen LogP contribution is -2.34. The predicted molar refractivity (Wildman–Crippen MR) is 103 cm³/mol. The molecule has 2 unspecified atom stereocenters. The number of hydrogen-bond acceptors (Lipinski definition) is 5. The summed E-state index contributed by atoms with van der Waals surface area (Å²) in [6, 6.07) is 9.80. The van der Waals surface area contributed by atoms with Gasteiger partial charge in [0.1, 0.15) is 11.9 Å². The van der Waals surface area contributed by atoms with Crippen molar-refractivity contribution in [2.75, 3.05) is 6.54 Å². The van der Waals surface area contributed by atoms with Gasteiger partial charge < -0.3 is 10.1 Å². The number of carbonyl (C=O) groups is 1. The first-order valence-electron chi connectivity index (χ1n) is 9.83. The zero-order chi connectivity index (χ0) is 19.3. The minimum absolute atomic E-state index is 0.0671. The molecular formula is C21H25FN4O2. The quantitative estimate of drug-likeness (QED) is 0.714. The Morgan fingerprint density at radius 2 is 2.00 bits per heavy atom. The lowest BCUT2D eigenvalue weighted by atomic mass is 9.94. The Kier molecular flexibility index (Phi) is 5.83. The normalized spacial score (nSPS) is 22.3. The number of nitrogens with zero attached hydrogens (tertiary/aromatic N) is 1. The Morgan fingerprint density at radius 1 is 1.21 bits per heavy atom. The van der Waals surface area contributed by atoms with Gasteiger partial charge in [0, 0.05) is 24.8 Å². The van der Waals surface area contributed by atoms with Crippen LogP contribution in [0.15, 0.2) is 42.6 Å². The van der Waals surface area contributed by atoms with Crippen molar-refractivity contribution >= 4 is 5.91 Å². The van der Waals surface area contributed by atoms with E-state index in [1.165, 1.54) is 25.0 Å². The van der Waals surface area contributed by atoms with Crippen LogP contribution in [0.2, 0.25) is 0 Å². The van der Waals surface area contributed by atoms with Gasteiger partial charge in [0.15, 0.2) is 0 Å². The lowest BCUT2D eigenvalue weighted by Gasteiger charge is -2.19. The molecule has 1 amide bonds. The Hall–Kier alpha value is -2.51. The second-order valence-electron chi connectivity index (χ2n) is 7.37. The van der Waals surface area contributed by atoms with Gasteiger partial charge in [-0.05, 0) is 49.4 Å². The van der Waals surface area contributed by atoms with Crippen LogP contribution in [0, 0.1) is 11.7 Å². The van der Waals surface area contributed by atoms with E-state index < -0.39 is 0 Å². The van der Waals surface area contributed by atoms with E-state index in [1.54, 1.807) is 18.3 Å². The van der Waals surface area contributed by atoms with E-state index in [2.05, 4.69) is 21.2 Å². The second kappa shape index (κ2) is 8.67. The number of hydrogen-bond donors (Lipinski definition) is 3. The number of aromatic nitrogens is 1. The van der Waals surface area contributed by atoms with Gasteiger partial charge in [-0.2, -0.15) is 0 Å². The van der Waals surface area contributed by atoms with Crippen LogP contribution in [0.3, 0.4) is 0 Å². The average molecular weight is 384 g/mol. The summed E-state index contributed by atoms with van der Waals surface area (Å²) in [6.45, 7) is 0.869. The van der Waals surface area contributed by atoms with E-state index in [4.69, 9.17) is 4.74 Å². The maximum Gasteiger partial charge on any atom is 0.226 e. The first-order valence-corrected chi connectivity index (χ1v) is 9.83. The molecule has 1 saturated carbocycles. The summed E-state index contributed by atoms with van der Waals surface area (Å²) >= 11 is 0. The molecule has 2 aliphatic rings. The van der Waals surface area contributed by atoms with E-state index in [0.717, 1.165) is 24.0 Å². The van der Waals surface area contributed by atoms with Crippen molar-refractivity contribution in [2.24, 2.45) is 5.92 Å². The Morgan fingerprint density at radius 3 is 2.79 bits per heavy atom. The summed E-state index contributed by atoms with van der Waals surface area (Å²) in [5.74, 6) is -0.0432. The number of carbonyl (C=O) groups excluding carboxylic acids is 1. The van der Waals surface area contributed by atoms with Crippen molar-refractivity contribution in [3.8, 4) is 5.88 Å². The summed E-state index contributed by atoms with van der Waals surface area (Å²) in [5.41, 5.74) is 7.89. The molecule has 0 bridgehead atoms. The number of halogens is 1. The molecule has 1 aliphatic heterocycles. The van der Waals surface area contributed by atoms with E-state index in [0.29, 0.717) is 19.0 Å². The molecule has 4 rings (SSSR count). The number of benzene rings is 1. The van der Waals surface area contributed by atoms with Crippen LogP contribution in [-0.4, -0.2) is 23.5 Å². The van der Waals surface area contributed by atoms with E-state index in [1.807, 2.05) is 12.1 Å². The molecule has 28 heavy (non-hydrogen) atoms. The summed E-state index contributed by atoms with van der Waals surface area (Å²) in [4.78, 5) is 17.2. The molecule has 1 aromatic carbocycles. The van der Waals surface area contributed by atoms with Gasteiger partial charge in [-0.25, -0.2) is 14.8 Å². The minimum atomic E-state index is -0.290. The zero-order valence-corrected chi connectivity index (χ0v) is 15.7. The van der Waals surface area contributed by atoms with Gasteiger partial charge in [-0.1, -0.05) is 18.2 Å². The van der Waals surface area contributed by atoms with E-state index >= 15 is 0 Å². The van der Waals surface area contributed by atoms with Gasteiger partial charge in [0.2, 0.25) is 11.8 Å². The highest BCUT2D eigenvalue weighted by atomic mass is 19.1. The fraction of sp³-hybridized carbons (Fsp3) is 0.429. The molecule has 2 fully saturated rings. The van der Waals surface area contributed by atoms with Crippen LogP contribution in [0.25, 0.3) is 0 Å². The largest absolute Gasteiger partial charge is 0.474 e. The molecule has 0 spiro atoms. The highest BCUT2D eigenvalue weighted by Gasteiger charge is 2.34. The van der Waals surface area contributed by atoms with Crippen molar-refractivity contribution in [1.29, 1.82) is 0 Å². The summed E-state index contributed by atoms with van der Waals surface area (Å²) < 4.78 is 19.2. The molecule has 1 saturated heterocycles. The van der Waals surface area contributed by atoms with Crippen molar-refractivity contribution < 1.29 is 13.9 Å². The summed E-state index contributed by atoms with van der Waals surface area (Å²) in [7, 11) is 0. The molecule has 3 N–H and O–H groups in total. The Balaban J connectivity index is 1.39. The highest BCUT2D eigenvalue weighted by molar-refractivity contribution is 5.80. The standard InChI is InChI=1S/C21H25FN4O2/c22-16-9-7-14(8-10-16)19-18(13-25-26-19)20(27)24-12-15-4-3-11-23-21(15)28-17-5-1-2-6-17/h3-4,7-11,17-19,25-26H,1-2,5-6,12-13H2,(H,24,27). The third-order valence-corrected chi connectivity index (χ3v) is 5.43. The topological polar surface area (TPSA) is 75.3 Å². The van der Waals surface area contributed by atoms with Crippen LogP contribution in [0.5, 0.6) is 5.88 Å². The minimum Gasteiger partial charge on any atom is -0.474 e. The Labute approximate surface area is 163 Å². The van der Waals surface area contributed by atoms with Gasteiger partial charge in [0.25, 0.3) is 0 Å². The van der Waals surface area contributed by atoms with Crippen LogP contribution in [0.1, 0.15) is 42.9 Å². The van der Waals surface area contributed by atoms with Crippen LogP contribution in [0.4, 0.5) is 4.39 Å². The molecular weight excluding hydrogens is 359 g/mol. The van der Waals surface area contributed by atoms with Crippen molar-refractivity contribution in [1.82, 2.24) is 21.2 Å². The van der Waals surface area contributed by atoms with Crippen LogP contribution >= 0.6 is 0 Å². The number of rotatable bonds is 6.